The molecule has 0 aliphatic carbocycles. The van der Waals surface area contributed by atoms with Crippen molar-refractivity contribution in [3.8, 4) is 5.69 Å². The third-order valence-corrected chi connectivity index (χ3v) is 5.45. The number of halogens is 1. The van der Waals surface area contributed by atoms with E-state index in [1.807, 2.05) is 77.6 Å². The Hall–Kier alpha value is -2.56. The maximum Gasteiger partial charge on any atom is 0.267 e. The minimum absolute atomic E-state index is 0.194. The average molecular weight is 353 g/mol. The predicted octanol–water partition coefficient (Wildman–Crippen LogP) is 5.60. The van der Waals surface area contributed by atoms with E-state index in [1.54, 1.807) is 0 Å². The molecule has 5 heteroatoms. The van der Waals surface area contributed by atoms with Crippen molar-refractivity contribution in [3.63, 3.8) is 0 Å². The number of hydrogen-bond donors (Lipinski definition) is 1. The third-order valence-electron chi connectivity index (χ3n) is 3.78. The van der Waals surface area contributed by atoms with Gasteiger partial charge >= 0.3 is 0 Å². The Labute approximate surface area is 148 Å². The van der Waals surface area contributed by atoms with Crippen LogP contribution in [0.4, 0.5) is 5.69 Å². The number of hydrogen-bond acceptors (Lipinski definition) is 2. The van der Waals surface area contributed by atoms with E-state index in [1.165, 1.54) is 11.3 Å². The lowest BCUT2D eigenvalue weighted by Crippen LogP contribution is -2.12. The zero-order chi connectivity index (χ0) is 16.5. The summed E-state index contributed by atoms with van der Waals surface area (Å²) in [4.78, 5) is 13.3. The van der Waals surface area contributed by atoms with Gasteiger partial charge < -0.3 is 9.88 Å². The zero-order valence-corrected chi connectivity index (χ0v) is 14.1. The summed E-state index contributed by atoms with van der Waals surface area (Å²) in [7, 11) is 0. The first-order valence-corrected chi connectivity index (χ1v) is 8.64. The Morgan fingerprint density at radius 2 is 1.67 bits per heavy atom. The van der Waals surface area contributed by atoms with Crippen molar-refractivity contribution < 1.29 is 4.79 Å². The number of aromatic nitrogens is 1. The van der Waals surface area contributed by atoms with Crippen LogP contribution in [0.1, 0.15) is 9.67 Å². The molecule has 4 aromatic rings. The van der Waals surface area contributed by atoms with E-state index in [4.69, 9.17) is 11.6 Å². The molecule has 2 aromatic heterocycles. The van der Waals surface area contributed by atoms with Crippen molar-refractivity contribution in [1.29, 1.82) is 0 Å². The summed E-state index contributed by atoms with van der Waals surface area (Å²) in [5, 5.41) is 4.40. The molecule has 0 radical (unpaired) electrons. The van der Waals surface area contributed by atoms with Gasteiger partial charge in [0.2, 0.25) is 0 Å². The van der Waals surface area contributed by atoms with Crippen LogP contribution in [-0.4, -0.2) is 10.5 Å². The van der Waals surface area contributed by atoms with Crippen molar-refractivity contribution in [3.05, 3.63) is 83.0 Å². The summed E-state index contributed by atoms with van der Waals surface area (Å²) in [5.41, 5.74) is 1.65. The van der Waals surface area contributed by atoms with E-state index < -0.39 is 0 Å². The zero-order valence-electron chi connectivity index (χ0n) is 12.6. The van der Waals surface area contributed by atoms with Crippen molar-refractivity contribution >= 4 is 44.6 Å². The number of thiophene rings is 1. The summed E-state index contributed by atoms with van der Waals surface area (Å²) in [5.74, 6) is -0.194. The van der Waals surface area contributed by atoms with Crippen LogP contribution in [0.3, 0.4) is 0 Å². The van der Waals surface area contributed by atoms with Crippen LogP contribution in [0.25, 0.3) is 15.8 Å². The van der Waals surface area contributed by atoms with Crippen molar-refractivity contribution in [2.45, 2.75) is 0 Å². The smallest absolute Gasteiger partial charge is 0.267 e. The predicted molar refractivity (Wildman–Crippen MR) is 101 cm³/mol. The minimum Gasteiger partial charge on any atom is -0.322 e. The highest BCUT2D eigenvalue weighted by molar-refractivity contribution is 7.21. The molecule has 1 amide bonds. The molecule has 2 heterocycles. The largest absolute Gasteiger partial charge is 0.322 e. The number of benzene rings is 2. The van der Waals surface area contributed by atoms with Gasteiger partial charge in [-0.15, -0.1) is 11.3 Å². The van der Waals surface area contributed by atoms with Gasteiger partial charge in [0.1, 0.15) is 4.88 Å². The molecule has 0 aliphatic heterocycles. The first kappa shape index (κ1) is 15.0. The third kappa shape index (κ3) is 2.60. The number of amides is 1. The van der Waals surface area contributed by atoms with Gasteiger partial charge in [-0.05, 0) is 30.3 Å². The second-order valence-corrected chi connectivity index (χ2v) is 6.73. The number of anilines is 1. The fraction of sp³-hybridized carbons (Fsp3) is 0. The highest BCUT2D eigenvalue weighted by Crippen LogP contribution is 2.35. The summed E-state index contributed by atoms with van der Waals surface area (Å²) >= 11 is 7.81. The van der Waals surface area contributed by atoms with Crippen LogP contribution in [0.15, 0.2) is 73.1 Å². The van der Waals surface area contributed by atoms with Gasteiger partial charge in [0, 0.05) is 22.5 Å². The minimum atomic E-state index is -0.194. The van der Waals surface area contributed by atoms with Crippen LogP contribution in [0, 0.1) is 0 Å². The highest BCUT2D eigenvalue weighted by Gasteiger charge is 2.18. The van der Waals surface area contributed by atoms with Gasteiger partial charge in [-0.1, -0.05) is 41.9 Å². The molecule has 4 rings (SSSR count). The topological polar surface area (TPSA) is 34.0 Å². The van der Waals surface area contributed by atoms with E-state index in [9.17, 15) is 4.79 Å². The van der Waals surface area contributed by atoms with E-state index in [-0.39, 0.29) is 5.91 Å². The molecular formula is C19H13ClN2OS. The van der Waals surface area contributed by atoms with Crippen molar-refractivity contribution in [1.82, 2.24) is 4.57 Å². The average Bonchev–Trinajstić information content (AvgIpc) is 3.24. The number of nitrogens with one attached hydrogen (secondary N) is 1. The van der Waals surface area contributed by atoms with Crippen molar-refractivity contribution in [2.24, 2.45) is 0 Å². The molecule has 0 fully saturated rings. The number of carbonyl (C=O) groups is 1. The van der Waals surface area contributed by atoms with Crippen LogP contribution >= 0.6 is 22.9 Å². The molecule has 0 saturated heterocycles. The first-order chi connectivity index (χ1) is 11.7. The lowest BCUT2D eigenvalue weighted by molar-refractivity contribution is 0.103. The second kappa shape index (κ2) is 6.15. The first-order valence-electron chi connectivity index (χ1n) is 7.45. The number of rotatable bonds is 3. The van der Waals surface area contributed by atoms with Crippen LogP contribution in [-0.2, 0) is 0 Å². The van der Waals surface area contributed by atoms with Gasteiger partial charge in [-0.3, -0.25) is 4.79 Å². The lowest BCUT2D eigenvalue weighted by Gasteiger charge is -2.11. The lowest BCUT2D eigenvalue weighted by atomic mass is 10.2. The number of fused-ring (bicyclic) bond motifs is 1. The van der Waals surface area contributed by atoms with Crippen molar-refractivity contribution in [2.75, 3.05) is 5.32 Å². The summed E-state index contributed by atoms with van der Waals surface area (Å²) in [6.45, 7) is 0. The molecular weight excluding hydrogens is 340 g/mol. The Morgan fingerprint density at radius 3 is 2.46 bits per heavy atom. The number of para-hydroxylation sites is 2. The summed E-state index contributed by atoms with van der Waals surface area (Å²) in [6.07, 6.45) is 3.88. The van der Waals surface area contributed by atoms with Crippen LogP contribution < -0.4 is 5.32 Å². The molecule has 0 bridgehead atoms. The molecule has 0 aliphatic rings. The molecule has 0 saturated carbocycles. The van der Waals surface area contributed by atoms with E-state index in [0.29, 0.717) is 9.90 Å². The molecule has 1 N–H and O–H groups in total. The maximum absolute atomic E-state index is 12.7. The number of nitrogens with zero attached hydrogens (tertiary/aromatic N) is 1. The molecule has 24 heavy (non-hydrogen) atoms. The molecule has 2 aromatic carbocycles. The summed E-state index contributed by atoms with van der Waals surface area (Å²) in [6, 6.07) is 19.3. The molecule has 0 spiro atoms. The van der Waals surface area contributed by atoms with E-state index in [2.05, 4.69) is 5.32 Å². The summed E-state index contributed by atoms with van der Waals surface area (Å²) < 4.78 is 2.97. The number of carbonyl (C=O) groups excluding carboxylic acids is 1. The fourth-order valence-electron chi connectivity index (χ4n) is 2.64. The Balaban J connectivity index is 1.71. The van der Waals surface area contributed by atoms with Gasteiger partial charge in [-0.2, -0.15) is 0 Å². The van der Waals surface area contributed by atoms with Gasteiger partial charge in [0.05, 0.1) is 16.4 Å². The molecule has 118 valence electrons. The SMILES string of the molecule is O=C(Nc1ccccc1-n1cccc1)c1sc2ccccc2c1Cl. The Bertz CT molecular complexity index is 1020. The fourth-order valence-corrected chi connectivity index (χ4v) is 4.05. The molecule has 3 nitrogen and oxygen atoms in total. The van der Waals surface area contributed by atoms with E-state index in [0.717, 1.165) is 21.5 Å². The van der Waals surface area contributed by atoms with Gasteiger partial charge in [-0.25, -0.2) is 0 Å². The van der Waals surface area contributed by atoms with E-state index >= 15 is 0 Å². The van der Waals surface area contributed by atoms with Crippen LogP contribution in [0.2, 0.25) is 5.02 Å². The Morgan fingerprint density at radius 1 is 0.958 bits per heavy atom. The highest BCUT2D eigenvalue weighted by atomic mass is 35.5. The maximum atomic E-state index is 12.7. The molecule has 0 atom stereocenters. The Kier molecular flexibility index (Phi) is 3.84. The second-order valence-electron chi connectivity index (χ2n) is 5.30. The molecule has 0 unspecified atom stereocenters. The quantitative estimate of drug-likeness (QED) is 0.511. The van der Waals surface area contributed by atoms with Gasteiger partial charge in [0.25, 0.3) is 5.91 Å². The van der Waals surface area contributed by atoms with Crippen LogP contribution in [0.5, 0.6) is 0 Å². The monoisotopic (exact) mass is 352 g/mol. The standard InChI is InChI=1S/C19H13ClN2OS/c20-17-13-7-1-4-10-16(13)24-18(17)19(23)21-14-8-2-3-9-15(14)22-11-5-6-12-22/h1-12H,(H,21,23). The normalized spacial score (nSPS) is 10.9. The van der Waals surface area contributed by atoms with Gasteiger partial charge in [0.15, 0.2) is 0 Å².